The molecule has 0 aromatic carbocycles. The number of rotatable bonds is 7. The van der Waals surface area contributed by atoms with Crippen molar-refractivity contribution in [3.8, 4) is 0 Å². The lowest BCUT2D eigenvalue weighted by molar-refractivity contribution is 0.176. The highest BCUT2D eigenvalue weighted by Crippen LogP contribution is 2.23. The van der Waals surface area contributed by atoms with Crippen LogP contribution in [0.25, 0.3) is 0 Å². The fourth-order valence-corrected chi connectivity index (χ4v) is 2.86. The quantitative estimate of drug-likeness (QED) is 0.684. The van der Waals surface area contributed by atoms with Crippen LogP contribution in [0.1, 0.15) is 51.9 Å². The molecule has 2 rings (SSSR count). The first-order valence-electron chi connectivity index (χ1n) is 7.43. The third-order valence-electron chi connectivity index (χ3n) is 4.14. The Kier molecular flexibility index (Phi) is 5.05. The Balaban J connectivity index is 1.70. The molecule has 2 aliphatic carbocycles. The van der Waals surface area contributed by atoms with Crippen LogP contribution in [0.4, 0.5) is 0 Å². The van der Waals surface area contributed by atoms with Crippen molar-refractivity contribution in [3.63, 3.8) is 0 Å². The highest BCUT2D eigenvalue weighted by Gasteiger charge is 2.22. The van der Waals surface area contributed by atoms with Crippen LogP contribution in [0.5, 0.6) is 0 Å². The summed E-state index contributed by atoms with van der Waals surface area (Å²) >= 11 is 0. The second-order valence-corrected chi connectivity index (χ2v) is 5.76. The van der Waals surface area contributed by atoms with Crippen LogP contribution in [0.3, 0.4) is 0 Å². The van der Waals surface area contributed by atoms with E-state index in [1.165, 1.54) is 57.1 Å². The molecule has 0 bridgehead atoms. The molecule has 2 heteroatoms. The van der Waals surface area contributed by atoms with Gasteiger partial charge in [-0.2, -0.15) is 0 Å². The lowest BCUT2D eigenvalue weighted by Crippen LogP contribution is -2.39. The Hall–Kier alpha value is -0.340. The molecule has 1 N–H and O–H groups in total. The van der Waals surface area contributed by atoms with Gasteiger partial charge in [0.15, 0.2) is 0 Å². The van der Waals surface area contributed by atoms with Crippen molar-refractivity contribution < 1.29 is 0 Å². The summed E-state index contributed by atoms with van der Waals surface area (Å²) in [5.74, 6) is 0. The van der Waals surface area contributed by atoms with Crippen molar-refractivity contribution in [2.45, 2.75) is 64.0 Å². The zero-order valence-corrected chi connectivity index (χ0v) is 11.4. The second-order valence-electron chi connectivity index (χ2n) is 5.76. The molecule has 0 radical (unpaired) electrons. The Morgan fingerprint density at radius 3 is 2.47 bits per heavy atom. The molecule has 0 saturated heterocycles. The molecule has 98 valence electrons. The summed E-state index contributed by atoms with van der Waals surface area (Å²) in [4.78, 5) is 2.63. The normalized spacial score (nSPS) is 22.0. The van der Waals surface area contributed by atoms with E-state index in [0.29, 0.717) is 0 Å². The minimum Gasteiger partial charge on any atom is -0.310 e. The van der Waals surface area contributed by atoms with E-state index in [-0.39, 0.29) is 0 Å². The third kappa shape index (κ3) is 4.44. The SMILES string of the molecule is C=C(CNC1CC1)CN(CC)C1CCCCC1. The Labute approximate surface area is 106 Å². The predicted molar refractivity (Wildman–Crippen MR) is 74.3 cm³/mol. The largest absolute Gasteiger partial charge is 0.310 e. The Morgan fingerprint density at radius 2 is 1.88 bits per heavy atom. The maximum Gasteiger partial charge on any atom is 0.0205 e. The summed E-state index contributed by atoms with van der Waals surface area (Å²) in [6.45, 7) is 9.81. The summed E-state index contributed by atoms with van der Waals surface area (Å²) < 4.78 is 0. The molecule has 0 aromatic rings. The molecule has 2 saturated carbocycles. The van der Waals surface area contributed by atoms with Gasteiger partial charge in [0.05, 0.1) is 0 Å². The zero-order valence-electron chi connectivity index (χ0n) is 11.4. The van der Waals surface area contributed by atoms with E-state index in [2.05, 4.69) is 23.7 Å². The van der Waals surface area contributed by atoms with Gasteiger partial charge in [0.25, 0.3) is 0 Å². The lowest BCUT2D eigenvalue weighted by Gasteiger charge is -2.34. The van der Waals surface area contributed by atoms with E-state index in [4.69, 9.17) is 0 Å². The minimum absolute atomic E-state index is 0.802. The van der Waals surface area contributed by atoms with Gasteiger partial charge >= 0.3 is 0 Å². The van der Waals surface area contributed by atoms with Gasteiger partial charge in [-0.15, -0.1) is 0 Å². The van der Waals surface area contributed by atoms with Crippen molar-refractivity contribution in [2.24, 2.45) is 0 Å². The average molecular weight is 236 g/mol. The number of likely N-dealkylation sites (N-methyl/N-ethyl adjacent to an activating group) is 1. The first-order chi connectivity index (χ1) is 8.29. The van der Waals surface area contributed by atoms with E-state index >= 15 is 0 Å². The van der Waals surface area contributed by atoms with E-state index < -0.39 is 0 Å². The van der Waals surface area contributed by atoms with Crippen LogP contribution < -0.4 is 5.32 Å². The van der Waals surface area contributed by atoms with Gasteiger partial charge in [-0.1, -0.05) is 32.8 Å². The van der Waals surface area contributed by atoms with Crippen LogP contribution in [-0.4, -0.2) is 36.6 Å². The molecule has 0 unspecified atom stereocenters. The smallest absolute Gasteiger partial charge is 0.0205 e. The Morgan fingerprint density at radius 1 is 1.18 bits per heavy atom. The van der Waals surface area contributed by atoms with E-state index in [1.807, 2.05) is 0 Å². The molecule has 0 aliphatic heterocycles. The summed E-state index contributed by atoms with van der Waals surface area (Å²) in [7, 11) is 0. The number of hydrogen-bond acceptors (Lipinski definition) is 2. The van der Waals surface area contributed by atoms with Gasteiger partial charge in [-0.25, -0.2) is 0 Å². The molecule has 0 aromatic heterocycles. The first kappa shape index (κ1) is 13.1. The highest BCUT2D eigenvalue weighted by atomic mass is 15.2. The molecule has 0 heterocycles. The fourth-order valence-electron chi connectivity index (χ4n) is 2.86. The van der Waals surface area contributed by atoms with Crippen molar-refractivity contribution in [3.05, 3.63) is 12.2 Å². The molecule has 2 nitrogen and oxygen atoms in total. The van der Waals surface area contributed by atoms with Crippen LogP contribution in [0.2, 0.25) is 0 Å². The minimum atomic E-state index is 0.802. The van der Waals surface area contributed by atoms with Gasteiger partial charge < -0.3 is 5.32 Å². The number of nitrogens with zero attached hydrogens (tertiary/aromatic N) is 1. The molecular weight excluding hydrogens is 208 g/mol. The molecule has 2 fully saturated rings. The van der Waals surface area contributed by atoms with Crippen molar-refractivity contribution in [1.29, 1.82) is 0 Å². The van der Waals surface area contributed by atoms with E-state index in [9.17, 15) is 0 Å². The molecule has 0 atom stereocenters. The van der Waals surface area contributed by atoms with Gasteiger partial charge in [-0.3, -0.25) is 4.90 Å². The van der Waals surface area contributed by atoms with E-state index in [0.717, 1.165) is 25.2 Å². The highest BCUT2D eigenvalue weighted by molar-refractivity contribution is 5.02. The van der Waals surface area contributed by atoms with Gasteiger partial charge in [0.1, 0.15) is 0 Å². The summed E-state index contributed by atoms with van der Waals surface area (Å²) in [5.41, 5.74) is 1.37. The summed E-state index contributed by atoms with van der Waals surface area (Å²) in [5, 5.41) is 3.56. The summed E-state index contributed by atoms with van der Waals surface area (Å²) in [6.07, 6.45) is 9.83. The van der Waals surface area contributed by atoms with Gasteiger partial charge in [0.2, 0.25) is 0 Å². The standard InChI is InChI=1S/C15H28N2/c1-3-17(15-7-5-4-6-8-15)12-13(2)11-16-14-9-10-14/h14-16H,2-12H2,1H3. The van der Waals surface area contributed by atoms with Gasteiger partial charge in [0, 0.05) is 25.2 Å². The van der Waals surface area contributed by atoms with Crippen molar-refractivity contribution in [1.82, 2.24) is 10.2 Å². The third-order valence-corrected chi connectivity index (χ3v) is 4.14. The number of nitrogens with one attached hydrogen (secondary N) is 1. The molecular formula is C15H28N2. The summed E-state index contributed by atoms with van der Waals surface area (Å²) in [6, 6.07) is 1.63. The molecule has 0 amide bonds. The number of hydrogen-bond donors (Lipinski definition) is 1. The molecule has 17 heavy (non-hydrogen) atoms. The molecule has 0 spiro atoms. The maximum atomic E-state index is 4.23. The lowest BCUT2D eigenvalue weighted by atomic mass is 9.94. The van der Waals surface area contributed by atoms with Crippen molar-refractivity contribution in [2.75, 3.05) is 19.6 Å². The van der Waals surface area contributed by atoms with Crippen molar-refractivity contribution >= 4 is 0 Å². The Bertz CT molecular complexity index is 239. The van der Waals surface area contributed by atoms with Crippen LogP contribution >= 0.6 is 0 Å². The molecule has 2 aliphatic rings. The van der Waals surface area contributed by atoms with Crippen LogP contribution in [0.15, 0.2) is 12.2 Å². The van der Waals surface area contributed by atoms with E-state index in [1.54, 1.807) is 0 Å². The maximum absolute atomic E-state index is 4.23. The second kappa shape index (κ2) is 6.55. The topological polar surface area (TPSA) is 15.3 Å². The van der Waals surface area contributed by atoms with Crippen LogP contribution in [-0.2, 0) is 0 Å². The predicted octanol–water partition coefficient (Wildman–Crippen LogP) is 2.95. The average Bonchev–Trinajstić information content (AvgIpc) is 3.18. The fraction of sp³-hybridized carbons (Fsp3) is 0.867. The van der Waals surface area contributed by atoms with Gasteiger partial charge in [-0.05, 0) is 37.8 Å². The monoisotopic (exact) mass is 236 g/mol. The first-order valence-corrected chi connectivity index (χ1v) is 7.43. The zero-order chi connectivity index (χ0) is 12.1. The van der Waals surface area contributed by atoms with Crippen LogP contribution in [0, 0.1) is 0 Å².